The Balaban J connectivity index is 1.96. The Morgan fingerprint density at radius 2 is 1.60 bits per heavy atom. The van der Waals surface area contributed by atoms with Crippen LogP contribution in [0, 0.1) is 10.1 Å². The second kappa shape index (κ2) is 6.79. The van der Waals surface area contributed by atoms with Gasteiger partial charge in [-0.3, -0.25) is 19.7 Å². The third kappa shape index (κ3) is 5.25. The van der Waals surface area contributed by atoms with Crippen LogP contribution in [0.3, 0.4) is 0 Å². The lowest BCUT2D eigenvalue weighted by molar-refractivity contribution is -0.384. The molecule has 2 rings (SSSR count). The van der Waals surface area contributed by atoms with Crippen molar-refractivity contribution in [2.45, 2.75) is 57.7 Å². The standard InChI is InChI=1S/C17H24N4O4/c1-16(2)9-12(10-17(3,4)20-16)19-15(23)14(22)18-11-5-7-13(8-6-11)21(24)25/h5-8,12,20H,9-10H2,1-4H3,(H,18,22)(H,19,23). The summed E-state index contributed by atoms with van der Waals surface area (Å²) < 4.78 is 0. The van der Waals surface area contributed by atoms with E-state index in [1.807, 2.05) is 0 Å². The number of rotatable bonds is 3. The van der Waals surface area contributed by atoms with Crippen molar-refractivity contribution >= 4 is 23.2 Å². The van der Waals surface area contributed by atoms with E-state index in [-0.39, 0.29) is 22.8 Å². The van der Waals surface area contributed by atoms with Gasteiger partial charge in [-0.05, 0) is 52.7 Å². The summed E-state index contributed by atoms with van der Waals surface area (Å²) in [6, 6.07) is 5.21. The fraction of sp³-hybridized carbons (Fsp3) is 0.529. The van der Waals surface area contributed by atoms with Gasteiger partial charge in [0.05, 0.1) is 4.92 Å². The molecule has 0 spiro atoms. The SMILES string of the molecule is CC1(C)CC(NC(=O)C(=O)Nc2ccc([N+](=O)[O-])cc2)CC(C)(C)N1. The molecule has 0 atom stereocenters. The van der Waals surface area contributed by atoms with Gasteiger partial charge in [-0.25, -0.2) is 0 Å². The van der Waals surface area contributed by atoms with Crippen molar-refractivity contribution in [2.75, 3.05) is 5.32 Å². The maximum absolute atomic E-state index is 12.2. The first kappa shape index (κ1) is 18.9. The van der Waals surface area contributed by atoms with Gasteiger partial charge in [0.1, 0.15) is 0 Å². The minimum absolute atomic E-state index is 0.0818. The number of carbonyl (C=O) groups is 2. The maximum Gasteiger partial charge on any atom is 0.313 e. The Morgan fingerprint density at radius 3 is 2.08 bits per heavy atom. The minimum Gasteiger partial charge on any atom is -0.345 e. The molecule has 1 aliphatic heterocycles. The number of hydrogen-bond donors (Lipinski definition) is 3. The van der Waals surface area contributed by atoms with Gasteiger partial charge in [0.2, 0.25) is 0 Å². The molecule has 8 nitrogen and oxygen atoms in total. The molecule has 1 aromatic rings. The van der Waals surface area contributed by atoms with Gasteiger partial charge < -0.3 is 16.0 Å². The summed E-state index contributed by atoms with van der Waals surface area (Å²) in [6.07, 6.45) is 1.43. The van der Waals surface area contributed by atoms with E-state index in [1.54, 1.807) is 0 Å². The highest BCUT2D eigenvalue weighted by Gasteiger charge is 2.38. The number of amides is 2. The predicted molar refractivity (Wildman–Crippen MR) is 94.2 cm³/mol. The lowest BCUT2D eigenvalue weighted by Crippen LogP contribution is -2.62. The van der Waals surface area contributed by atoms with Crippen molar-refractivity contribution in [2.24, 2.45) is 0 Å². The van der Waals surface area contributed by atoms with Gasteiger partial charge in [0, 0.05) is 34.9 Å². The number of nitro groups is 1. The van der Waals surface area contributed by atoms with Gasteiger partial charge in [-0.1, -0.05) is 0 Å². The van der Waals surface area contributed by atoms with E-state index in [9.17, 15) is 19.7 Å². The summed E-state index contributed by atoms with van der Waals surface area (Å²) in [5.41, 5.74) is -0.0402. The molecular formula is C17H24N4O4. The van der Waals surface area contributed by atoms with Crippen LogP contribution in [0.25, 0.3) is 0 Å². The molecule has 0 aromatic heterocycles. The number of nitrogens with zero attached hydrogens (tertiary/aromatic N) is 1. The molecule has 1 aromatic carbocycles. The monoisotopic (exact) mass is 348 g/mol. The summed E-state index contributed by atoms with van der Waals surface area (Å²) in [5.74, 6) is -1.50. The van der Waals surface area contributed by atoms with Crippen molar-refractivity contribution in [1.29, 1.82) is 0 Å². The van der Waals surface area contributed by atoms with Crippen LogP contribution in [-0.4, -0.2) is 33.9 Å². The van der Waals surface area contributed by atoms with Crippen LogP contribution in [0.5, 0.6) is 0 Å². The number of anilines is 1. The van der Waals surface area contributed by atoms with Crippen LogP contribution in [0.1, 0.15) is 40.5 Å². The number of hydrogen-bond acceptors (Lipinski definition) is 5. The number of non-ortho nitro benzene ring substituents is 1. The van der Waals surface area contributed by atoms with Crippen LogP contribution in [0.4, 0.5) is 11.4 Å². The van der Waals surface area contributed by atoms with E-state index in [1.165, 1.54) is 24.3 Å². The third-order valence-corrected chi connectivity index (χ3v) is 4.07. The number of nitro benzene ring substituents is 1. The molecule has 0 bridgehead atoms. The molecular weight excluding hydrogens is 324 g/mol. The lowest BCUT2D eigenvalue weighted by Gasteiger charge is -2.46. The second-order valence-corrected chi connectivity index (χ2v) is 7.73. The van der Waals surface area contributed by atoms with Gasteiger partial charge in [-0.15, -0.1) is 0 Å². The average Bonchev–Trinajstić information content (AvgIpc) is 2.44. The number of carbonyl (C=O) groups excluding carboxylic acids is 2. The Kier molecular flexibility index (Phi) is 5.12. The quantitative estimate of drug-likeness (QED) is 0.439. The number of nitrogens with one attached hydrogen (secondary N) is 3. The van der Waals surface area contributed by atoms with Gasteiger partial charge in [0.25, 0.3) is 5.69 Å². The Morgan fingerprint density at radius 1 is 1.08 bits per heavy atom. The smallest absolute Gasteiger partial charge is 0.313 e. The first-order chi connectivity index (χ1) is 11.5. The van der Waals surface area contributed by atoms with Gasteiger partial charge >= 0.3 is 11.8 Å². The van der Waals surface area contributed by atoms with Crippen LogP contribution in [0.15, 0.2) is 24.3 Å². The molecule has 2 amide bonds. The lowest BCUT2D eigenvalue weighted by atomic mass is 9.79. The van der Waals surface area contributed by atoms with Crippen molar-refractivity contribution in [3.63, 3.8) is 0 Å². The molecule has 0 aliphatic carbocycles. The third-order valence-electron chi connectivity index (χ3n) is 4.07. The predicted octanol–water partition coefficient (Wildman–Crippen LogP) is 1.96. The second-order valence-electron chi connectivity index (χ2n) is 7.73. The van der Waals surface area contributed by atoms with E-state index in [0.717, 1.165) is 0 Å². The Hall–Kier alpha value is -2.48. The maximum atomic E-state index is 12.2. The average molecular weight is 348 g/mol. The van der Waals surface area contributed by atoms with Crippen LogP contribution < -0.4 is 16.0 Å². The molecule has 3 N–H and O–H groups in total. The largest absolute Gasteiger partial charge is 0.345 e. The molecule has 1 aliphatic rings. The molecule has 25 heavy (non-hydrogen) atoms. The summed E-state index contributed by atoms with van der Waals surface area (Å²) in [7, 11) is 0. The summed E-state index contributed by atoms with van der Waals surface area (Å²) in [4.78, 5) is 34.3. The van der Waals surface area contributed by atoms with Crippen LogP contribution in [-0.2, 0) is 9.59 Å². The Labute approximate surface area is 146 Å². The zero-order valence-electron chi connectivity index (χ0n) is 14.9. The highest BCUT2D eigenvalue weighted by Crippen LogP contribution is 2.28. The zero-order chi connectivity index (χ0) is 18.8. The van der Waals surface area contributed by atoms with E-state index in [2.05, 4.69) is 43.6 Å². The molecule has 1 heterocycles. The van der Waals surface area contributed by atoms with Crippen molar-refractivity contribution < 1.29 is 14.5 Å². The van der Waals surface area contributed by atoms with E-state index < -0.39 is 16.7 Å². The number of piperidine rings is 1. The summed E-state index contributed by atoms with van der Waals surface area (Å²) >= 11 is 0. The first-order valence-electron chi connectivity index (χ1n) is 8.13. The normalized spacial score (nSPS) is 19.0. The highest BCUT2D eigenvalue weighted by molar-refractivity contribution is 6.39. The van der Waals surface area contributed by atoms with E-state index >= 15 is 0 Å². The molecule has 8 heteroatoms. The van der Waals surface area contributed by atoms with Gasteiger partial charge in [-0.2, -0.15) is 0 Å². The van der Waals surface area contributed by atoms with Gasteiger partial charge in [0.15, 0.2) is 0 Å². The van der Waals surface area contributed by atoms with E-state index in [0.29, 0.717) is 18.5 Å². The minimum atomic E-state index is -0.789. The molecule has 1 fully saturated rings. The van der Waals surface area contributed by atoms with Crippen molar-refractivity contribution in [3.8, 4) is 0 Å². The van der Waals surface area contributed by atoms with E-state index in [4.69, 9.17) is 0 Å². The fourth-order valence-corrected chi connectivity index (χ4v) is 3.53. The molecule has 136 valence electrons. The van der Waals surface area contributed by atoms with Crippen molar-refractivity contribution in [1.82, 2.24) is 10.6 Å². The molecule has 0 saturated carbocycles. The zero-order valence-corrected chi connectivity index (χ0v) is 14.9. The molecule has 1 saturated heterocycles. The fourth-order valence-electron chi connectivity index (χ4n) is 3.53. The number of benzene rings is 1. The molecule has 0 unspecified atom stereocenters. The highest BCUT2D eigenvalue weighted by atomic mass is 16.6. The topological polar surface area (TPSA) is 113 Å². The summed E-state index contributed by atoms with van der Waals surface area (Å²) in [5, 5.41) is 19.4. The summed E-state index contributed by atoms with van der Waals surface area (Å²) in [6.45, 7) is 8.24. The van der Waals surface area contributed by atoms with Crippen LogP contribution >= 0.6 is 0 Å². The van der Waals surface area contributed by atoms with Crippen molar-refractivity contribution in [3.05, 3.63) is 34.4 Å². The first-order valence-corrected chi connectivity index (χ1v) is 8.13. The molecule has 0 radical (unpaired) electrons. The van der Waals surface area contributed by atoms with Crippen LogP contribution in [0.2, 0.25) is 0 Å². The Bertz CT molecular complexity index is 666.